The number of carbonyl (C=O) groups is 1. The van der Waals surface area contributed by atoms with E-state index in [9.17, 15) is 15.0 Å². The van der Waals surface area contributed by atoms with Crippen LogP contribution in [0.2, 0.25) is 0 Å². The summed E-state index contributed by atoms with van der Waals surface area (Å²) >= 11 is 0. The lowest BCUT2D eigenvalue weighted by atomic mass is 9.97. The van der Waals surface area contributed by atoms with Crippen molar-refractivity contribution in [3.63, 3.8) is 0 Å². The minimum absolute atomic E-state index is 0.0292. The molecule has 0 saturated heterocycles. The molecule has 15 heavy (non-hydrogen) atoms. The number of hydrogen-bond donors (Lipinski definition) is 3. The highest BCUT2D eigenvalue weighted by Gasteiger charge is 2.51. The molecule has 0 aliphatic heterocycles. The maximum Gasteiger partial charge on any atom is 0.224 e. The molecule has 0 spiro atoms. The first-order valence-corrected chi connectivity index (χ1v) is 5.44. The summed E-state index contributed by atoms with van der Waals surface area (Å²) in [6, 6.07) is 0. The van der Waals surface area contributed by atoms with Gasteiger partial charge in [-0.25, -0.2) is 0 Å². The van der Waals surface area contributed by atoms with E-state index in [0.717, 1.165) is 6.42 Å². The molecule has 0 aromatic rings. The Balaban J connectivity index is 2.56. The second-order valence-electron chi connectivity index (χ2n) is 5.18. The second kappa shape index (κ2) is 4.10. The summed E-state index contributed by atoms with van der Waals surface area (Å²) in [6.45, 7) is 5.48. The van der Waals surface area contributed by atoms with Crippen LogP contribution in [0.4, 0.5) is 0 Å². The van der Waals surface area contributed by atoms with E-state index < -0.39 is 5.54 Å². The number of amides is 1. The van der Waals surface area contributed by atoms with Crippen LogP contribution in [0.25, 0.3) is 0 Å². The molecule has 0 aromatic heterocycles. The lowest BCUT2D eigenvalue weighted by molar-refractivity contribution is -0.126. The number of hydrogen-bond acceptors (Lipinski definition) is 3. The fraction of sp³-hybridized carbons (Fsp3) is 0.909. The van der Waals surface area contributed by atoms with E-state index in [4.69, 9.17) is 0 Å². The first-order chi connectivity index (χ1) is 6.90. The molecule has 1 fully saturated rings. The van der Waals surface area contributed by atoms with E-state index in [-0.39, 0.29) is 30.5 Å². The third kappa shape index (κ3) is 2.49. The molecule has 0 heterocycles. The van der Waals surface area contributed by atoms with Gasteiger partial charge in [-0.05, 0) is 18.3 Å². The van der Waals surface area contributed by atoms with Crippen molar-refractivity contribution in [2.45, 2.75) is 39.2 Å². The normalized spacial score (nSPS) is 23.7. The maximum absolute atomic E-state index is 11.8. The summed E-state index contributed by atoms with van der Waals surface area (Å²) in [5.41, 5.74) is -0.774. The van der Waals surface area contributed by atoms with Crippen molar-refractivity contribution in [1.29, 1.82) is 0 Å². The molecule has 1 aliphatic carbocycles. The van der Waals surface area contributed by atoms with Crippen LogP contribution in [0.1, 0.15) is 33.6 Å². The fourth-order valence-corrected chi connectivity index (χ4v) is 1.70. The third-order valence-electron chi connectivity index (χ3n) is 3.50. The zero-order chi connectivity index (χ0) is 11.7. The van der Waals surface area contributed by atoms with Crippen molar-refractivity contribution >= 4 is 5.91 Å². The molecular formula is C11H21NO3. The van der Waals surface area contributed by atoms with Crippen molar-refractivity contribution < 1.29 is 15.0 Å². The molecule has 1 rings (SSSR count). The Morgan fingerprint density at radius 1 is 1.47 bits per heavy atom. The Hall–Kier alpha value is -0.610. The van der Waals surface area contributed by atoms with Gasteiger partial charge in [-0.1, -0.05) is 20.8 Å². The number of aliphatic hydroxyl groups is 2. The monoisotopic (exact) mass is 215 g/mol. The lowest BCUT2D eigenvalue weighted by Crippen LogP contribution is -2.54. The molecule has 0 radical (unpaired) electrons. The second-order valence-corrected chi connectivity index (χ2v) is 5.18. The molecule has 0 aromatic carbocycles. The standard InChI is InChI=1S/C11H21NO3/c1-4-11(6-13,7-14)12-9(15)8-5-10(8,2)3/h8,13-14H,4-7H2,1-3H3,(H,12,15). The molecule has 1 saturated carbocycles. The van der Waals surface area contributed by atoms with Crippen LogP contribution in [0, 0.1) is 11.3 Å². The average Bonchev–Trinajstić information content (AvgIpc) is 2.84. The number of nitrogens with one attached hydrogen (secondary N) is 1. The van der Waals surface area contributed by atoms with E-state index in [1.807, 2.05) is 20.8 Å². The van der Waals surface area contributed by atoms with Crippen molar-refractivity contribution in [1.82, 2.24) is 5.32 Å². The van der Waals surface area contributed by atoms with Crippen molar-refractivity contribution in [2.24, 2.45) is 11.3 Å². The zero-order valence-electron chi connectivity index (χ0n) is 9.71. The molecule has 4 nitrogen and oxygen atoms in total. The van der Waals surface area contributed by atoms with Gasteiger partial charge >= 0.3 is 0 Å². The molecule has 3 N–H and O–H groups in total. The van der Waals surface area contributed by atoms with Crippen molar-refractivity contribution in [3.05, 3.63) is 0 Å². The molecular weight excluding hydrogens is 194 g/mol. The predicted molar refractivity (Wildman–Crippen MR) is 57.2 cm³/mol. The van der Waals surface area contributed by atoms with Crippen LogP contribution in [0.3, 0.4) is 0 Å². The minimum atomic E-state index is -0.851. The molecule has 1 unspecified atom stereocenters. The van der Waals surface area contributed by atoms with Crippen LogP contribution in [0.15, 0.2) is 0 Å². The van der Waals surface area contributed by atoms with Gasteiger partial charge in [-0.3, -0.25) is 4.79 Å². The van der Waals surface area contributed by atoms with E-state index in [1.165, 1.54) is 0 Å². The van der Waals surface area contributed by atoms with Gasteiger partial charge < -0.3 is 15.5 Å². The topological polar surface area (TPSA) is 69.6 Å². The van der Waals surface area contributed by atoms with Crippen molar-refractivity contribution in [2.75, 3.05) is 13.2 Å². The molecule has 0 bridgehead atoms. The number of aliphatic hydroxyl groups excluding tert-OH is 2. The quantitative estimate of drug-likeness (QED) is 0.617. The maximum atomic E-state index is 11.8. The average molecular weight is 215 g/mol. The van der Waals surface area contributed by atoms with Crippen molar-refractivity contribution in [3.8, 4) is 0 Å². The van der Waals surface area contributed by atoms with Gasteiger partial charge in [0.1, 0.15) is 0 Å². The van der Waals surface area contributed by atoms with Gasteiger partial charge in [0.05, 0.1) is 18.8 Å². The molecule has 88 valence electrons. The lowest BCUT2D eigenvalue weighted by Gasteiger charge is -2.30. The van der Waals surface area contributed by atoms with Crippen LogP contribution in [-0.4, -0.2) is 34.9 Å². The number of rotatable bonds is 5. The first kappa shape index (κ1) is 12.5. The molecule has 1 aliphatic rings. The summed E-state index contributed by atoms with van der Waals surface area (Å²) < 4.78 is 0. The van der Waals surface area contributed by atoms with Gasteiger partial charge in [-0.15, -0.1) is 0 Å². The van der Waals surface area contributed by atoms with Crippen LogP contribution in [-0.2, 0) is 4.79 Å². The number of carbonyl (C=O) groups excluding carboxylic acids is 1. The first-order valence-electron chi connectivity index (χ1n) is 5.44. The SMILES string of the molecule is CCC(CO)(CO)NC(=O)C1CC1(C)C. The Labute approximate surface area is 90.7 Å². The molecule has 4 heteroatoms. The van der Waals surface area contributed by atoms with Gasteiger partial charge in [0, 0.05) is 5.92 Å². The highest BCUT2D eigenvalue weighted by molar-refractivity contribution is 5.83. The van der Waals surface area contributed by atoms with Gasteiger partial charge in [0.15, 0.2) is 0 Å². The van der Waals surface area contributed by atoms with E-state index in [0.29, 0.717) is 6.42 Å². The van der Waals surface area contributed by atoms with E-state index in [1.54, 1.807) is 0 Å². The Morgan fingerprint density at radius 3 is 2.20 bits per heavy atom. The highest BCUT2D eigenvalue weighted by Crippen LogP contribution is 2.51. The summed E-state index contributed by atoms with van der Waals surface area (Å²) in [7, 11) is 0. The Morgan fingerprint density at radius 2 is 1.93 bits per heavy atom. The largest absolute Gasteiger partial charge is 0.394 e. The molecule has 1 amide bonds. The van der Waals surface area contributed by atoms with Gasteiger partial charge in [-0.2, -0.15) is 0 Å². The van der Waals surface area contributed by atoms with Crippen LogP contribution >= 0.6 is 0 Å². The highest BCUT2D eigenvalue weighted by atomic mass is 16.3. The van der Waals surface area contributed by atoms with E-state index >= 15 is 0 Å². The minimum Gasteiger partial charge on any atom is -0.394 e. The Kier molecular flexibility index (Phi) is 3.41. The smallest absolute Gasteiger partial charge is 0.224 e. The Bertz CT molecular complexity index is 238. The summed E-state index contributed by atoms with van der Waals surface area (Å²) in [5, 5.41) is 21.1. The van der Waals surface area contributed by atoms with Gasteiger partial charge in [0.25, 0.3) is 0 Å². The summed E-state index contributed by atoms with van der Waals surface area (Å²) in [5.74, 6) is -0.0218. The summed E-state index contributed by atoms with van der Waals surface area (Å²) in [4.78, 5) is 11.8. The predicted octanol–water partition coefficient (Wildman–Crippen LogP) is 0.282. The van der Waals surface area contributed by atoms with E-state index in [2.05, 4.69) is 5.32 Å². The van der Waals surface area contributed by atoms with Gasteiger partial charge in [0.2, 0.25) is 5.91 Å². The van der Waals surface area contributed by atoms with Crippen LogP contribution < -0.4 is 5.32 Å². The molecule has 1 atom stereocenters. The fourth-order valence-electron chi connectivity index (χ4n) is 1.70. The summed E-state index contributed by atoms with van der Waals surface area (Å²) in [6.07, 6.45) is 1.41. The zero-order valence-corrected chi connectivity index (χ0v) is 9.71. The van der Waals surface area contributed by atoms with Crippen LogP contribution in [0.5, 0.6) is 0 Å². The third-order valence-corrected chi connectivity index (χ3v) is 3.50.